The van der Waals surface area contributed by atoms with Gasteiger partial charge in [-0.15, -0.1) is 0 Å². The van der Waals surface area contributed by atoms with Gasteiger partial charge in [0.2, 0.25) is 10.0 Å². The molecule has 2 rings (SSSR count). The summed E-state index contributed by atoms with van der Waals surface area (Å²) in [4.78, 5) is 2.52. The van der Waals surface area contributed by atoms with Crippen LogP contribution in [0.3, 0.4) is 0 Å². The first kappa shape index (κ1) is 16.4. The van der Waals surface area contributed by atoms with Crippen LogP contribution in [0.1, 0.15) is 26.7 Å². The van der Waals surface area contributed by atoms with Crippen molar-refractivity contribution >= 4 is 10.0 Å². The third-order valence-corrected chi connectivity index (χ3v) is 5.52. The third kappa shape index (κ3) is 4.26. The SMILES string of the molecule is CC(C)N1CCC(O)(CNS(=O)(=O)c2ccccc2)CC1. The summed E-state index contributed by atoms with van der Waals surface area (Å²) in [6.07, 6.45) is 1.17. The molecule has 0 bridgehead atoms. The number of nitrogens with zero attached hydrogens (tertiary/aromatic N) is 1. The fourth-order valence-electron chi connectivity index (χ4n) is 2.55. The zero-order valence-electron chi connectivity index (χ0n) is 12.6. The third-order valence-electron chi connectivity index (χ3n) is 4.10. The fourth-order valence-corrected chi connectivity index (χ4v) is 3.69. The molecule has 1 aromatic carbocycles. The van der Waals surface area contributed by atoms with Crippen LogP contribution in [0.5, 0.6) is 0 Å². The van der Waals surface area contributed by atoms with Crippen molar-refractivity contribution < 1.29 is 13.5 Å². The van der Waals surface area contributed by atoms with Crippen molar-refractivity contribution in [2.45, 2.75) is 43.2 Å². The van der Waals surface area contributed by atoms with Crippen LogP contribution in [0.4, 0.5) is 0 Å². The number of likely N-dealkylation sites (tertiary alicyclic amines) is 1. The molecule has 21 heavy (non-hydrogen) atoms. The van der Waals surface area contributed by atoms with Crippen LogP contribution in [-0.4, -0.2) is 49.7 Å². The van der Waals surface area contributed by atoms with Crippen molar-refractivity contribution in [2.24, 2.45) is 0 Å². The van der Waals surface area contributed by atoms with Crippen LogP contribution in [0.25, 0.3) is 0 Å². The number of hydrogen-bond acceptors (Lipinski definition) is 4. The van der Waals surface area contributed by atoms with E-state index >= 15 is 0 Å². The molecule has 118 valence electrons. The lowest BCUT2D eigenvalue weighted by Crippen LogP contribution is -2.52. The molecule has 1 fully saturated rings. The summed E-state index contributed by atoms with van der Waals surface area (Å²) in [5.74, 6) is 0. The second-order valence-electron chi connectivity index (χ2n) is 5.99. The summed E-state index contributed by atoms with van der Waals surface area (Å²) in [7, 11) is -3.55. The molecule has 0 amide bonds. The topological polar surface area (TPSA) is 69.6 Å². The molecule has 0 radical (unpaired) electrons. The molecule has 5 nitrogen and oxygen atoms in total. The van der Waals surface area contributed by atoms with Gasteiger partial charge in [0.1, 0.15) is 0 Å². The van der Waals surface area contributed by atoms with Crippen molar-refractivity contribution in [1.82, 2.24) is 9.62 Å². The largest absolute Gasteiger partial charge is 0.388 e. The first-order chi connectivity index (χ1) is 9.82. The molecular formula is C15H24N2O3S. The Balaban J connectivity index is 1.94. The minimum Gasteiger partial charge on any atom is -0.388 e. The van der Waals surface area contributed by atoms with Crippen LogP contribution < -0.4 is 4.72 Å². The van der Waals surface area contributed by atoms with E-state index in [2.05, 4.69) is 23.5 Å². The summed E-state index contributed by atoms with van der Waals surface area (Å²) >= 11 is 0. The zero-order valence-corrected chi connectivity index (χ0v) is 13.4. The minimum atomic E-state index is -3.55. The highest BCUT2D eigenvalue weighted by atomic mass is 32.2. The second kappa shape index (κ2) is 6.44. The van der Waals surface area contributed by atoms with Gasteiger partial charge >= 0.3 is 0 Å². The summed E-state index contributed by atoms with van der Waals surface area (Å²) in [5, 5.41) is 10.5. The number of sulfonamides is 1. The van der Waals surface area contributed by atoms with Gasteiger partial charge in [0.05, 0.1) is 10.5 Å². The van der Waals surface area contributed by atoms with E-state index in [4.69, 9.17) is 0 Å². The van der Waals surface area contributed by atoms with Gasteiger partial charge in [-0.25, -0.2) is 13.1 Å². The highest BCUT2D eigenvalue weighted by Gasteiger charge is 2.34. The van der Waals surface area contributed by atoms with E-state index in [0.717, 1.165) is 13.1 Å². The number of rotatable bonds is 5. The van der Waals surface area contributed by atoms with E-state index in [1.165, 1.54) is 0 Å². The molecule has 1 saturated heterocycles. The van der Waals surface area contributed by atoms with Gasteiger partial charge in [0.25, 0.3) is 0 Å². The van der Waals surface area contributed by atoms with Gasteiger partial charge in [-0.2, -0.15) is 0 Å². The predicted octanol–water partition coefficient (Wildman–Crippen LogP) is 1.20. The molecule has 1 aliphatic rings. The monoisotopic (exact) mass is 312 g/mol. The maximum absolute atomic E-state index is 12.2. The van der Waals surface area contributed by atoms with Crippen molar-refractivity contribution in [3.05, 3.63) is 30.3 Å². The first-order valence-electron chi connectivity index (χ1n) is 7.34. The lowest BCUT2D eigenvalue weighted by molar-refractivity contribution is -0.0228. The highest BCUT2D eigenvalue weighted by molar-refractivity contribution is 7.89. The Labute approximate surface area is 127 Å². The van der Waals surface area contributed by atoms with Gasteiger partial charge < -0.3 is 10.0 Å². The Bertz CT molecular complexity index is 550. The molecule has 1 aliphatic heterocycles. The van der Waals surface area contributed by atoms with Crippen LogP contribution in [0.15, 0.2) is 35.2 Å². The zero-order chi connectivity index (χ0) is 15.5. The van der Waals surface area contributed by atoms with Crippen LogP contribution in [0.2, 0.25) is 0 Å². The smallest absolute Gasteiger partial charge is 0.240 e. The molecule has 1 aromatic rings. The van der Waals surface area contributed by atoms with Crippen molar-refractivity contribution in [1.29, 1.82) is 0 Å². The molecule has 0 saturated carbocycles. The number of piperidine rings is 1. The van der Waals surface area contributed by atoms with E-state index in [-0.39, 0.29) is 11.4 Å². The summed E-state index contributed by atoms with van der Waals surface area (Å²) in [6.45, 7) is 5.91. The van der Waals surface area contributed by atoms with E-state index < -0.39 is 15.6 Å². The number of benzene rings is 1. The van der Waals surface area contributed by atoms with Gasteiger partial charge in [-0.3, -0.25) is 0 Å². The molecule has 0 aliphatic carbocycles. The van der Waals surface area contributed by atoms with Crippen LogP contribution >= 0.6 is 0 Å². The van der Waals surface area contributed by atoms with E-state index in [1.54, 1.807) is 30.3 Å². The van der Waals surface area contributed by atoms with E-state index in [9.17, 15) is 13.5 Å². The maximum Gasteiger partial charge on any atom is 0.240 e. The number of nitrogens with one attached hydrogen (secondary N) is 1. The van der Waals surface area contributed by atoms with E-state index in [1.807, 2.05) is 0 Å². The van der Waals surface area contributed by atoms with Gasteiger partial charge in [-0.1, -0.05) is 18.2 Å². The lowest BCUT2D eigenvalue weighted by Gasteiger charge is -2.40. The summed E-state index contributed by atoms with van der Waals surface area (Å²) in [5.41, 5.74) is -0.951. The summed E-state index contributed by atoms with van der Waals surface area (Å²) < 4.78 is 26.8. The first-order valence-corrected chi connectivity index (χ1v) is 8.82. The summed E-state index contributed by atoms with van der Waals surface area (Å²) in [6, 6.07) is 8.69. The molecular weight excluding hydrogens is 288 g/mol. The highest BCUT2D eigenvalue weighted by Crippen LogP contribution is 2.23. The normalized spacial score (nSPS) is 19.8. The second-order valence-corrected chi connectivity index (χ2v) is 7.76. The number of hydrogen-bond donors (Lipinski definition) is 2. The number of aliphatic hydroxyl groups is 1. The Morgan fingerprint density at radius 3 is 2.33 bits per heavy atom. The molecule has 6 heteroatoms. The Kier molecular flexibility index (Phi) is 5.03. The van der Waals surface area contributed by atoms with E-state index in [0.29, 0.717) is 18.9 Å². The van der Waals surface area contributed by atoms with Crippen molar-refractivity contribution in [3.8, 4) is 0 Å². The van der Waals surface area contributed by atoms with Crippen molar-refractivity contribution in [3.63, 3.8) is 0 Å². The predicted molar refractivity (Wildman–Crippen MR) is 82.5 cm³/mol. The lowest BCUT2D eigenvalue weighted by atomic mass is 9.91. The Morgan fingerprint density at radius 2 is 1.81 bits per heavy atom. The Hall–Kier alpha value is -0.950. The molecule has 2 N–H and O–H groups in total. The maximum atomic E-state index is 12.2. The van der Waals surface area contributed by atoms with Crippen LogP contribution in [0, 0.1) is 0 Å². The van der Waals surface area contributed by atoms with Crippen LogP contribution in [-0.2, 0) is 10.0 Å². The van der Waals surface area contributed by atoms with Gasteiger partial charge in [-0.05, 0) is 38.8 Å². The molecule has 0 spiro atoms. The van der Waals surface area contributed by atoms with Gasteiger partial charge in [0, 0.05) is 25.7 Å². The minimum absolute atomic E-state index is 0.0656. The molecule has 1 heterocycles. The standard InChI is InChI=1S/C15H24N2O3S/c1-13(2)17-10-8-15(18,9-11-17)12-16-21(19,20)14-6-4-3-5-7-14/h3-7,13,16,18H,8-12H2,1-2H3. The fraction of sp³-hybridized carbons (Fsp3) is 0.600. The average Bonchev–Trinajstić information content (AvgIpc) is 2.47. The molecule has 0 unspecified atom stereocenters. The quantitative estimate of drug-likeness (QED) is 0.857. The Morgan fingerprint density at radius 1 is 1.24 bits per heavy atom. The van der Waals surface area contributed by atoms with Crippen molar-refractivity contribution in [2.75, 3.05) is 19.6 Å². The molecule has 0 atom stereocenters. The average molecular weight is 312 g/mol. The van der Waals surface area contributed by atoms with Gasteiger partial charge in [0.15, 0.2) is 0 Å². The molecule has 0 aromatic heterocycles.